The molecule has 0 radical (unpaired) electrons. The lowest BCUT2D eigenvalue weighted by Crippen LogP contribution is -2.08. The highest BCUT2D eigenvalue weighted by molar-refractivity contribution is 5.91. The Hall–Kier alpha value is -3.98. The number of benzene rings is 4. The predicted molar refractivity (Wildman–Crippen MR) is 132 cm³/mol. The summed E-state index contributed by atoms with van der Waals surface area (Å²) in [5.74, 6) is -0.0624. The predicted octanol–water partition coefficient (Wildman–Crippen LogP) is 7.56. The smallest absolute Gasteiger partial charge is 0.343 e. The van der Waals surface area contributed by atoms with Gasteiger partial charge < -0.3 is 4.74 Å². The van der Waals surface area contributed by atoms with Crippen LogP contribution in [0.4, 0.5) is 4.39 Å². The summed E-state index contributed by atoms with van der Waals surface area (Å²) in [6.07, 6.45) is 5.07. The van der Waals surface area contributed by atoms with E-state index < -0.39 is 5.97 Å². The molecule has 0 amide bonds. The van der Waals surface area contributed by atoms with Crippen LogP contribution in [0.1, 0.15) is 45.5 Å². The Morgan fingerprint density at radius 2 is 1.36 bits per heavy atom. The minimum Gasteiger partial charge on any atom is -0.423 e. The molecule has 0 unspecified atom stereocenters. The van der Waals surface area contributed by atoms with Crippen LogP contribution in [0.5, 0.6) is 5.75 Å². The third-order valence-electron chi connectivity index (χ3n) is 5.53. The Bertz CT molecular complexity index is 1210. The van der Waals surface area contributed by atoms with Crippen molar-refractivity contribution in [3.05, 3.63) is 137 Å². The molecule has 4 rings (SSSR count). The molecule has 4 aromatic rings. The summed E-state index contributed by atoms with van der Waals surface area (Å²) in [7, 11) is 0. The van der Waals surface area contributed by atoms with Crippen molar-refractivity contribution in [3.8, 4) is 5.75 Å². The van der Waals surface area contributed by atoms with E-state index >= 15 is 0 Å². The maximum atomic E-state index is 13.0. The lowest BCUT2D eigenvalue weighted by molar-refractivity contribution is 0.0734. The molecule has 3 heteroatoms. The summed E-state index contributed by atoms with van der Waals surface area (Å²) in [6.45, 7) is 2.25. The van der Waals surface area contributed by atoms with Crippen molar-refractivity contribution >= 4 is 18.1 Å². The number of ether oxygens (including phenoxy) is 1. The lowest BCUT2D eigenvalue weighted by Gasteiger charge is -2.12. The maximum absolute atomic E-state index is 13.0. The van der Waals surface area contributed by atoms with E-state index in [1.54, 1.807) is 12.1 Å². The number of carbonyl (C=O) groups is 1. The van der Waals surface area contributed by atoms with E-state index in [0.717, 1.165) is 17.5 Å². The molecule has 4 aromatic carbocycles. The van der Waals surface area contributed by atoms with Gasteiger partial charge in [-0.2, -0.15) is 0 Å². The van der Waals surface area contributed by atoms with Crippen molar-refractivity contribution in [3.63, 3.8) is 0 Å². The minimum absolute atomic E-state index is 0.312. The van der Waals surface area contributed by atoms with Crippen LogP contribution in [0.25, 0.3) is 12.2 Å². The largest absolute Gasteiger partial charge is 0.423 e. The van der Waals surface area contributed by atoms with E-state index in [1.165, 1.54) is 35.4 Å². The number of rotatable bonds is 7. The first-order chi connectivity index (χ1) is 16.1. The average Bonchev–Trinajstić information content (AvgIpc) is 2.86. The van der Waals surface area contributed by atoms with E-state index in [-0.39, 0.29) is 5.82 Å². The number of carbonyl (C=O) groups excluding carboxylic acids is 1. The Morgan fingerprint density at radius 1 is 0.788 bits per heavy atom. The van der Waals surface area contributed by atoms with Crippen LogP contribution in [0.15, 0.2) is 103 Å². The molecule has 0 N–H and O–H groups in total. The Balaban J connectivity index is 1.34. The maximum Gasteiger partial charge on any atom is 0.343 e. The summed E-state index contributed by atoms with van der Waals surface area (Å²) >= 11 is 0. The highest BCUT2D eigenvalue weighted by atomic mass is 19.1. The molecule has 2 nitrogen and oxygen atoms in total. The van der Waals surface area contributed by atoms with Crippen molar-refractivity contribution < 1.29 is 13.9 Å². The zero-order valence-electron chi connectivity index (χ0n) is 18.4. The summed E-state index contributed by atoms with van der Waals surface area (Å²) in [5.41, 5.74) is 5.20. The first-order valence-corrected chi connectivity index (χ1v) is 11.0. The van der Waals surface area contributed by atoms with Gasteiger partial charge in [0.1, 0.15) is 11.6 Å². The molecule has 0 heterocycles. The molecule has 0 aliphatic rings. The van der Waals surface area contributed by atoms with Crippen molar-refractivity contribution in [1.82, 2.24) is 0 Å². The van der Waals surface area contributed by atoms with Crippen LogP contribution in [-0.4, -0.2) is 5.97 Å². The SMILES string of the molecule is C[C@@H](Cc1ccc(C=Cc2ccc(C(=O)Oc3ccc(F)cc3)cc2)cc1)c1ccccc1. The first-order valence-electron chi connectivity index (χ1n) is 11.0. The highest BCUT2D eigenvalue weighted by Gasteiger charge is 2.08. The molecule has 0 fully saturated rings. The van der Waals surface area contributed by atoms with Gasteiger partial charge in [-0.3, -0.25) is 0 Å². The Labute approximate surface area is 194 Å². The molecule has 1 atom stereocenters. The van der Waals surface area contributed by atoms with Crippen LogP contribution < -0.4 is 4.74 Å². The third-order valence-corrected chi connectivity index (χ3v) is 5.53. The zero-order valence-corrected chi connectivity index (χ0v) is 18.4. The summed E-state index contributed by atoms with van der Waals surface area (Å²) in [6, 6.07) is 31.7. The topological polar surface area (TPSA) is 26.3 Å². The second kappa shape index (κ2) is 10.6. The molecule has 0 spiro atoms. The normalized spacial score (nSPS) is 11.9. The van der Waals surface area contributed by atoms with Gasteiger partial charge in [0.15, 0.2) is 0 Å². The van der Waals surface area contributed by atoms with Crippen molar-refractivity contribution in [2.45, 2.75) is 19.3 Å². The molecule has 0 aromatic heterocycles. The van der Waals surface area contributed by atoms with Crippen LogP contribution in [0.3, 0.4) is 0 Å². The fourth-order valence-corrected chi connectivity index (χ4v) is 3.61. The van der Waals surface area contributed by atoms with Gasteiger partial charge in [0.2, 0.25) is 0 Å². The minimum atomic E-state index is -0.475. The third kappa shape index (κ3) is 6.27. The standard InChI is InChI=1S/C30H25FO2/c1-22(26-5-3-2-4-6-26)21-25-11-9-23(10-12-25)7-8-24-13-15-27(16-14-24)30(32)33-29-19-17-28(31)18-20-29/h2-20,22H,21H2,1H3/t22-/m0/s1. The molecule has 0 bridgehead atoms. The quantitative estimate of drug-likeness (QED) is 0.170. The van der Waals surface area contributed by atoms with Gasteiger partial charge in [-0.15, -0.1) is 0 Å². The molecule has 0 saturated heterocycles. The monoisotopic (exact) mass is 436 g/mol. The fraction of sp³-hybridized carbons (Fsp3) is 0.100. The lowest BCUT2D eigenvalue weighted by atomic mass is 9.93. The van der Waals surface area contributed by atoms with Crippen LogP contribution in [-0.2, 0) is 6.42 Å². The van der Waals surface area contributed by atoms with Gasteiger partial charge in [0, 0.05) is 0 Å². The second-order valence-corrected chi connectivity index (χ2v) is 8.06. The number of halogens is 1. The summed E-state index contributed by atoms with van der Waals surface area (Å²) < 4.78 is 18.2. The molecule has 164 valence electrons. The molecule has 33 heavy (non-hydrogen) atoms. The number of esters is 1. The van der Waals surface area contributed by atoms with E-state index in [9.17, 15) is 9.18 Å². The Kier molecular flexibility index (Phi) is 7.11. The first kappa shape index (κ1) is 22.2. The second-order valence-electron chi connectivity index (χ2n) is 8.06. The van der Waals surface area contributed by atoms with E-state index in [1.807, 2.05) is 24.3 Å². The van der Waals surface area contributed by atoms with Crippen LogP contribution in [0.2, 0.25) is 0 Å². The zero-order chi connectivity index (χ0) is 23.0. The summed E-state index contributed by atoms with van der Waals surface area (Å²) in [5, 5.41) is 0. The van der Waals surface area contributed by atoms with Crippen LogP contribution in [0, 0.1) is 5.82 Å². The van der Waals surface area contributed by atoms with Crippen molar-refractivity contribution in [1.29, 1.82) is 0 Å². The van der Waals surface area contributed by atoms with Gasteiger partial charge in [-0.05, 0) is 71.0 Å². The van der Waals surface area contributed by atoms with Gasteiger partial charge >= 0.3 is 5.97 Å². The number of hydrogen-bond acceptors (Lipinski definition) is 2. The fourth-order valence-electron chi connectivity index (χ4n) is 3.61. The van der Waals surface area contributed by atoms with Gasteiger partial charge in [-0.25, -0.2) is 9.18 Å². The van der Waals surface area contributed by atoms with Gasteiger partial charge in [-0.1, -0.05) is 85.8 Å². The molecule has 0 aliphatic heterocycles. The highest BCUT2D eigenvalue weighted by Crippen LogP contribution is 2.21. The van der Waals surface area contributed by atoms with Crippen molar-refractivity contribution in [2.24, 2.45) is 0 Å². The molecule has 0 saturated carbocycles. The van der Waals surface area contributed by atoms with Gasteiger partial charge in [0.05, 0.1) is 5.56 Å². The Morgan fingerprint density at radius 3 is 1.97 bits per heavy atom. The average molecular weight is 437 g/mol. The van der Waals surface area contributed by atoms with E-state index in [4.69, 9.17) is 4.74 Å². The number of hydrogen-bond donors (Lipinski definition) is 0. The van der Waals surface area contributed by atoms with Crippen molar-refractivity contribution in [2.75, 3.05) is 0 Å². The molecular formula is C30H25FO2. The van der Waals surface area contributed by atoms with Crippen LogP contribution >= 0.6 is 0 Å². The van der Waals surface area contributed by atoms with Gasteiger partial charge in [0.25, 0.3) is 0 Å². The van der Waals surface area contributed by atoms with E-state index in [2.05, 4.69) is 61.5 Å². The molecule has 0 aliphatic carbocycles. The summed E-state index contributed by atoms with van der Waals surface area (Å²) in [4.78, 5) is 12.3. The van der Waals surface area contributed by atoms with E-state index in [0.29, 0.717) is 17.2 Å². The molecular weight excluding hydrogens is 411 g/mol.